The molecular formula is C12H21N3O2. The molecule has 0 aliphatic heterocycles. The summed E-state index contributed by atoms with van der Waals surface area (Å²) in [6, 6.07) is 0. The number of carbonyl (C=O) groups is 1. The highest BCUT2D eigenvalue weighted by molar-refractivity contribution is 5.78. The molecule has 1 rings (SSSR count). The number of hydrogen-bond acceptors (Lipinski definition) is 3. The Labute approximate surface area is 102 Å². The predicted octanol–water partition coefficient (Wildman–Crippen LogP) is 1.51. The van der Waals surface area contributed by atoms with Crippen molar-refractivity contribution in [3.05, 3.63) is 18.7 Å². The highest BCUT2D eigenvalue weighted by Gasteiger charge is 2.33. The highest BCUT2D eigenvalue weighted by atomic mass is 16.4. The molecule has 2 N–H and O–H groups in total. The van der Waals surface area contributed by atoms with Crippen LogP contribution in [0.3, 0.4) is 0 Å². The van der Waals surface area contributed by atoms with Crippen molar-refractivity contribution in [3.63, 3.8) is 0 Å². The van der Waals surface area contributed by atoms with Gasteiger partial charge >= 0.3 is 5.97 Å². The molecule has 0 atom stereocenters. The van der Waals surface area contributed by atoms with E-state index in [0.717, 1.165) is 13.0 Å². The second-order valence-corrected chi connectivity index (χ2v) is 4.18. The summed E-state index contributed by atoms with van der Waals surface area (Å²) in [5.41, 5.74) is -0.769. The summed E-state index contributed by atoms with van der Waals surface area (Å²) in [5, 5.41) is 12.4. The zero-order valence-electron chi connectivity index (χ0n) is 10.5. The van der Waals surface area contributed by atoms with Crippen LogP contribution >= 0.6 is 0 Å². The van der Waals surface area contributed by atoms with Crippen molar-refractivity contribution in [2.45, 2.75) is 45.2 Å². The van der Waals surface area contributed by atoms with Gasteiger partial charge < -0.3 is 15.0 Å². The summed E-state index contributed by atoms with van der Waals surface area (Å²) in [7, 11) is 0. The molecule has 1 heterocycles. The zero-order valence-corrected chi connectivity index (χ0v) is 10.5. The lowest BCUT2D eigenvalue weighted by Gasteiger charge is -2.28. The summed E-state index contributed by atoms with van der Waals surface area (Å²) in [6.45, 7) is 5.36. The minimum Gasteiger partial charge on any atom is -0.480 e. The molecule has 0 spiro atoms. The van der Waals surface area contributed by atoms with E-state index in [1.165, 1.54) is 0 Å². The van der Waals surface area contributed by atoms with Crippen LogP contribution in [0.2, 0.25) is 0 Å². The molecule has 0 bridgehead atoms. The van der Waals surface area contributed by atoms with Gasteiger partial charge in [0.05, 0.1) is 6.33 Å². The van der Waals surface area contributed by atoms with Crippen LogP contribution in [0.25, 0.3) is 0 Å². The molecule has 1 aromatic rings. The SMILES string of the molecule is CCC(CC)(NCCCn1ccnc1)C(=O)O. The number of rotatable bonds is 8. The third-order valence-corrected chi connectivity index (χ3v) is 3.23. The topological polar surface area (TPSA) is 67.2 Å². The fourth-order valence-electron chi connectivity index (χ4n) is 1.89. The number of carboxylic acids is 1. The van der Waals surface area contributed by atoms with Crippen molar-refractivity contribution < 1.29 is 9.90 Å². The van der Waals surface area contributed by atoms with Crippen LogP contribution < -0.4 is 5.32 Å². The molecule has 5 nitrogen and oxygen atoms in total. The highest BCUT2D eigenvalue weighted by Crippen LogP contribution is 2.15. The number of carboxylic acid groups (broad SMARTS) is 1. The Morgan fingerprint density at radius 2 is 2.18 bits per heavy atom. The number of nitrogens with zero attached hydrogens (tertiary/aromatic N) is 2. The molecule has 0 saturated carbocycles. The average molecular weight is 239 g/mol. The molecular weight excluding hydrogens is 218 g/mol. The minimum atomic E-state index is -0.769. The van der Waals surface area contributed by atoms with Gasteiger partial charge in [-0.25, -0.2) is 4.98 Å². The molecule has 5 heteroatoms. The first-order valence-electron chi connectivity index (χ1n) is 6.08. The number of aromatic nitrogens is 2. The van der Waals surface area contributed by atoms with Crippen LogP contribution in [-0.2, 0) is 11.3 Å². The van der Waals surface area contributed by atoms with Crippen LogP contribution in [0.15, 0.2) is 18.7 Å². The van der Waals surface area contributed by atoms with Crippen LogP contribution in [-0.4, -0.2) is 32.7 Å². The number of hydrogen-bond donors (Lipinski definition) is 2. The lowest BCUT2D eigenvalue weighted by Crippen LogP contribution is -2.51. The van der Waals surface area contributed by atoms with Gasteiger partial charge in [-0.1, -0.05) is 13.8 Å². The molecule has 0 saturated heterocycles. The first-order valence-corrected chi connectivity index (χ1v) is 6.08. The molecule has 0 aliphatic rings. The second kappa shape index (κ2) is 6.39. The van der Waals surface area contributed by atoms with E-state index < -0.39 is 11.5 Å². The van der Waals surface area contributed by atoms with Gasteiger partial charge in [-0.3, -0.25) is 4.79 Å². The van der Waals surface area contributed by atoms with E-state index in [2.05, 4.69) is 10.3 Å². The number of nitrogens with one attached hydrogen (secondary N) is 1. The smallest absolute Gasteiger partial charge is 0.323 e. The van der Waals surface area contributed by atoms with Gasteiger partial charge in [-0.05, 0) is 25.8 Å². The molecule has 96 valence electrons. The molecule has 17 heavy (non-hydrogen) atoms. The Hall–Kier alpha value is -1.36. The van der Waals surface area contributed by atoms with E-state index in [1.54, 1.807) is 12.5 Å². The van der Waals surface area contributed by atoms with Crippen molar-refractivity contribution in [3.8, 4) is 0 Å². The van der Waals surface area contributed by atoms with Crippen molar-refractivity contribution in [2.75, 3.05) is 6.54 Å². The maximum absolute atomic E-state index is 11.2. The summed E-state index contributed by atoms with van der Waals surface area (Å²) in [4.78, 5) is 15.2. The van der Waals surface area contributed by atoms with Gasteiger partial charge in [0.25, 0.3) is 0 Å². The monoisotopic (exact) mass is 239 g/mol. The standard InChI is InChI=1S/C12H21N3O2/c1-3-12(4-2,11(16)17)14-6-5-8-15-9-7-13-10-15/h7,9-10,14H,3-6,8H2,1-2H3,(H,16,17). The fraction of sp³-hybridized carbons (Fsp3) is 0.667. The average Bonchev–Trinajstić information content (AvgIpc) is 2.82. The maximum atomic E-state index is 11.2. The predicted molar refractivity (Wildman–Crippen MR) is 65.8 cm³/mol. The van der Waals surface area contributed by atoms with E-state index in [9.17, 15) is 9.90 Å². The van der Waals surface area contributed by atoms with Gasteiger partial charge in [0.1, 0.15) is 5.54 Å². The Morgan fingerprint density at radius 3 is 2.65 bits per heavy atom. The first kappa shape index (κ1) is 13.7. The number of aryl methyl sites for hydroxylation is 1. The van der Waals surface area contributed by atoms with Gasteiger partial charge in [0.2, 0.25) is 0 Å². The second-order valence-electron chi connectivity index (χ2n) is 4.18. The normalized spacial score (nSPS) is 11.6. The van der Waals surface area contributed by atoms with Crippen molar-refractivity contribution in [2.24, 2.45) is 0 Å². The Balaban J connectivity index is 2.35. The van der Waals surface area contributed by atoms with E-state index in [-0.39, 0.29) is 0 Å². The fourth-order valence-corrected chi connectivity index (χ4v) is 1.89. The van der Waals surface area contributed by atoms with Crippen molar-refractivity contribution >= 4 is 5.97 Å². The molecule has 0 aliphatic carbocycles. The van der Waals surface area contributed by atoms with Crippen molar-refractivity contribution in [1.82, 2.24) is 14.9 Å². The van der Waals surface area contributed by atoms with Gasteiger partial charge in [-0.2, -0.15) is 0 Å². The van der Waals surface area contributed by atoms with Crippen LogP contribution in [0, 0.1) is 0 Å². The first-order chi connectivity index (χ1) is 8.14. The van der Waals surface area contributed by atoms with Gasteiger partial charge in [-0.15, -0.1) is 0 Å². The molecule has 0 radical (unpaired) electrons. The summed E-state index contributed by atoms with van der Waals surface area (Å²) in [6.07, 6.45) is 7.51. The van der Waals surface area contributed by atoms with Gasteiger partial charge in [0, 0.05) is 18.9 Å². The lowest BCUT2D eigenvalue weighted by atomic mass is 9.93. The number of aliphatic carboxylic acids is 1. The minimum absolute atomic E-state index is 0.601. The van der Waals surface area contributed by atoms with E-state index in [0.29, 0.717) is 19.4 Å². The summed E-state index contributed by atoms with van der Waals surface area (Å²) >= 11 is 0. The third kappa shape index (κ3) is 3.56. The molecule has 1 aromatic heterocycles. The van der Waals surface area contributed by atoms with Crippen LogP contribution in [0.5, 0.6) is 0 Å². The molecule has 0 fully saturated rings. The van der Waals surface area contributed by atoms with E-state index in [1.807, 2.05) is 24.6 Å². The van der Waals surface area contributed by atoms with E-state index >= 15 is 0 Å². The molecule has 0 amide bonds. The summed E-state index contributed by atoms with van der Waals surface area (Å²) in [5.74, 6) is -0.759. The molecule has 0 aromatic carbocycles. The lowest BCUT2D eigenvalue weighted by molar-refractivity contribution is -0.145. The van der Waals surface area contributed by atoms with Crippen molar-refractivity contribution in [1.29, 1.82) is 0 Å². The zero-order chi connectivity index (χ0) is 12.7. The summed E-state index contributed by atoms with van der Waals surface area (Å²) < 4.78 is 1.99. The van der Waals surface area contributed by atoms with Crippen LogP contribution in [0.4, 0.5) is 0 Å². The van der Waals surface area contributed by atoms with Crippen LogP contribution in [0.1, 0.15) is 33.1 Å². The maximum Gasteiger partial charge on any atom is 0.323 e. The molecule has 0 unspecified atom stereocenters. The quantitative estimate of drug-likeness (QED) is 0.675. The van der Waals surface area contributed by atoms with Gasteiger partial charge in [0.15, 0.2) is 0 Å². The Bertz CT molecular complexity index is 332. The van der Waals surface area contributed by atoms with E-state index in [4.69, 9.17) is 0 Å². The largest absolute Gasteiger partial charge is 0.480 e. The Kier molecular flexibility index (Phi) is 5.15. The number of imidazole rings is 1. The third-order valence-electron chi connectivity index (χ3n) is 3.23. The Morgan fingerprint density at radius 1 is 1.47 bits per heavy atom.